The van der Waals surface area contributed by atoms with E-state index in [0.29, 0.717) is 42.8 Å². The number of hydrogen-bond donors (Lipinski definition) is 3. The van der Waals surface area contributed by atoms with Gasteiger partial charge in [0.15, 0.2) is 5.96 Å². The van der Waals surface area contributed by atoms with E-state index in [4.69, 9.17) is 9.47 Å². The third-order valence-electron chi connectivity index (χ3n) is 4.05. The first-order chi connectivity index (χ1) is 14.4. The molecule has 0 aliphatic rings. The van der Waals surface area contributed by atoms with E-state index < -0.39 is 0 Å². The van der Waals surface area contributed by atoms with Crippen LogP contribution in [0.5, 0.6) is 11.5 Å². The Hall–Kier alpha value is -2.56. The van der Waals surface area contributed by atoms with Gasteiger partial charge in [-0.1, -0.05) is 6.07 Å². The minimum atomic E-state index is -0.296. The summed E-state index contributed by atoms with van der Waals surface area (Å²) >= 11 is 0. The number of methoxy groups -OCH3 is 1. The van der Waals surface area contributed by atoms with Crippen LogP contribution in [0.25, 0.3) is 0 Å². The molecule has 3 N–H and O–H groups in total. The maximum atomic E-state index is 13.0. The second-order valence-electron chi connectivity index (χ2n) is 6.67. The average Bonchev–Trinajstić information content (AvgIpc) is 2.71. The van der Waals surface area contributed by atoms with Gasteiger partial charge in [-0.05, 0) is 55.8 Å². The SMILES string of the molecule is CCNC(=NCc1ccc(OC)c(NC(C)=O)c1)NCC(C)Oc1ccc(F)cc1.I. The van der Waals surface area contributed by atoms with Crippen molar-refractivity contribution in [3.63, 3.8) is 0 Å². The van der Waals surface area contributed by atoms with E-state index in [1.54, 1.807) is 25.3 Å². The number of benzene rings is 2. The number of carbonyl (C=O) groups is 1. The van der Waals surface area contributed by atoms with E-state index >= 15 is 0 Å². The summed E-state index contributed by atoms with van der Waals surface area (Å²) in [6, 6.07) is 11.5. The van der Waals surface area contributed by atoms with E-state index in [-0.39, 0.29) is 41.8 Å². The van der Waals surface area contributed by atoms with E-state index in [2.05, 4.69) is 20.9 Å². The van der Waals surface area contributed by atoms with Crippen molar-refractivity contribution in [3.05, 3.63) is 53.8 Å². The van der Waals surface area contributed by atoms with Gasteiger partial charge in [-0.15, -0.1) is 24.0 Å². The highest BCUT2D eigenvalue weighted by Gasteiger charge is 2.08. The topological polar surface area (TPSA) is 84.0 Å². The molecule has 0 fully saturated rings. The van der Waals surface area contributed by atoms with Crippen LogP contribution in [0.15, 0.2) is 47.5 Å². The fraction of sp³-hybridized carbons (Fsp3) is 0.364. The van der Waals surface area contributed by atoms with Crippen molar-refractivity contribution in [1.29, 1.82) is 0 Å². The summed E-state index contributed by atoms with van der Waals surface area (Å²) < 4.78 is 24.0. The zero-order valence-corrected chi connectivity index (χ0v) is 20.5. The van der Waals surface area contributed by atoms with Crippen LogP contribution < -0.4 is 25.4 Å². The van der Waals surface area contributed by atoms with Crippen LogP contribution in [-0.2, 0) is 11.3 Å². The highest BCUT2D eigenvalue weighted by molar-refractivity contribution is 14.0. The minimum Gasteiger partial charge on any atom is -0.495 e. The number of aliphatic imine (C=N–C) groups is 1. The van der Waals surface area contributed by atoms with Gasteiger partial charge in [-0.25, -0.2) is 9.38 Å². The van der Waals surface area contributed by atoms with Gasteiger partial charge in [0.25, 0.3) is 0 Å². The quantitative estimate of drug-likeness (QED) is 0.253. The molecular weight excluding hydrogens is 514 g/mol. The molecule has 0 heterocycles. The van der Waals surface area contributed by atoms with Crippen molar-refractivity contribution < 1.29 is 18.7 Å². The van der Waals surface area contributed by atoms with Crippen LogP contribution in [0.3, 0.4) is 0 Å². The molecule has 0 saturated heterocycles. The molecule has 0 saturated carbocycles. The monoisotopic (exact) mass is 544 g/mol. The largest absolute Gasteiger partial charge is 0.495 e. The maximum Gasteiger partial charge on any atom is 0.221 e. The zero-order valence-electron chi connectivity index (χ0n) is 18.2. The Morgan fingerprint density at radius 2 is 1.87 bits per heavy atom. The molecule has 0 aliphatic heterocycles. The summed E-state index contributed by atoms with van der Waals surface area (Å²) in [6.07, 6.45) is -0.147. The number of halogens is 2. The van der Waals surface area contributed by atoms with Crippen LogP contribution in [0.1, 0.15) is 26.3 Å². The molecule has 0 aliphatic carbocycles. The fourth-order valence-electron chi connectivity index (χ4n) is 2.68. The summed E-state index contributed by atoms with van der Waals surface area (Å²) in [7, 11) is 1.56. The van der Waals surface area contributed by atoms with Gasteiger partial charge >= 0.3 is 0 Å². The molecule has 2 aromatic rings. The molecule has 0 aromatic heterocycles. The Bertz CT molecular complexity index is 862. The number of carbonyl (C=O) groups excluding carboxylic acids is 1. The smallest absolute Gasteiger partial charge is 0.221 e. The van der Waals surface area contributed by atoms with Gasteiger partial charge in [-0.2, -0.15) is 0 Å². The summed E-state index contributed by atoms with van der Waals surface area (Å²) in [5.74, 6) is 1.38. The van der Waals surface area contributed by atoms with Crippen LogP contribution in [0.4, 0.5) is 10.1 Å². The van der Waals surface area contributed by atoms with Crippen molar-refractivity contribution >= 4 is 41.5 Å². The average molecular weight is 544 g/mol. The lowest BCUT2D eigenvalue weighted by Gasteiger charge is -2.18. The Kier molecular flexibility index (Phi) is 11.7. The van der Waals surface area contributed by atoms with Crippen molar-refractivity contribution in [2.75, 3.05) is 25.5 Å². The highest BCUT2D eigenvalue weighted by Crippen LogP contribution is 2.25. The van der Waals surface area contributed by atoms with Crippen LogP contribution in [0, 0.1) is 5.82 Å². The van der Waals surface area contributed by atoms with Crippen LogP contribution >= 0.6 is 24.0 Å². The molecule has 1 unspecified atom stereocenters. The molecule has 0 bridgehead atoms. The molecule has 9 heteroatoms. The lowest BCUT2D eigenvalue weighted by Crippen LogP contribution is -2.41. The Morgan fingerprint density at radius 3 is 2.48 bits per heavy atom. The number of nitrogens with one attached hydrogen (secondary N) is 3. The summed E-state index contributed by atoms with van der Waals surface area (Å²) in [6.45, 7) is 6.99. The Morgan fingerprint density at radius 1 is 1.16 bits per heavy atom. The molecule has 7 nitrogen and oxygen atoms in total. The molecule has 2 rings (SSSR count). The van der Waals surface area contributed by atoms with Gasteiger partial charge in [0, 0.05) is 13.5 Å². The van der Waals surface area contributed by atoms with Crippen molar-refractivity contribution in [3.8, 4) is 11.5 Å². The molecule has 1 amide bonds. The maximum absolute atomic E-state index is 13.0. The molecule has 1 atom stereocenters. The molecule has 0 spiro atoms. The third kappa shape index (κ3) is 9.41. The second kappa shape index (κ2) is 13.7. The minimum absolute atomic E-state index is 0. The van der Waals surface area contributed by atoms with Crippen molar-refractivity contribution in [2.45, 2.75) is 33.4 Å². The van der Waals surface area contributed by atoms with Crippen LogP contribution in [0.2, 0.25) is 0 Å². The van der Waals surface area contributed by atoms with E-state index in [0.717, 1.165) is 5.56 Å². The zero-order chi connectivity index (χ0) is 21.9. The number of guanidine groups is 1. The number of amides is 1. The van der Waals surface area contributed by atoms with Gasteiger partial charge in [0.05, 0.1) is 25.9 Å². The molecule has 31 heavy (non-hydrogen) atoms. The second-order valence-corrected chi connectivity index (χ2v) is 6.67. The van der Waals surface area contributed by atoms with E-state index in [1.165, 1.54) is 19.1 Å². The van der Waals surface area contributed by atoms with Gasteiger partial charge in [-0.3, -0.25) is 4.79 Å². The Balaban J connectivity index is 0.00000480. The van der Waals surface area contributed by atoms with Gasteiger partial charge in [0.1, 0.15) is 23.4 Å². The number of ether oxygens (including phenoxy) is 2. The molecule has 0 radical (unpaired) electrons. The molecule has 170 valence electrons. The number of anilines is 1. The first kappa shape index (κ1) is 26.5. The van der Waals surface area contributed by atoms with Crippen molar-refractivity contribution in [1.82, 2.24) is 10.6 Å². The first-order valence-electron chi connectivity index (χ1n) is 9.80. The predicted octanol–water partition coefficient (Wildman–Crippen LogP) is 3.93. The number of nitrogens with zero attached hydrogens (tertiary/aromatic N) is 1. The first-order valence-corrected chi connectivity index (χ1v) is 9.80. The van der Waals surface area contributed by atoms with Crippen LogP contribution in [-0.4, -0.2) is 38.2 Å². The predicted molar refractivity (Wildman–Crippen MR) is 132 cm³/mol. The van der Waals surface area contributed by atoms with E-state index in [1.807, 2.05) is 26.0 Å². The number of rotatable bonds is 9. The molecule has 2 aromatic carbocycles. The summed E-state index contributed by atoms with van der Waals surface area (Å²) in [4.78, 5) is 16.0. The Labute approximate surface area is 199 Å². The lowest BCUT2D eigenvalue weighted by atomic mass is 10.2. The normalized spacial score (nSPS) is 11.7. The molecular formula is C22H30FIN4O3. The third-order valence-corrected chi connectivity index (χ3v) is 4.05. The summed E-state index contributed by atoms with van der Waals surface area (Å²) in [5, 5.41) is 9.19. The van der Waals surface area contributed by atoms with Gasteiger partial charge in [0.2, 0.25) is 5.91 Å². The lowest BCUT2D eigenvalue weighted by molar-refractivity contribution is -0.114. The van der Waals surface area contributed by atoms with Crippen molar-refractivity contribution in [2.24, 2.45) is 4.99 Å². The van der Waals surface area contributed by atoms with E-state index in [9.17, 15) is 9.18 Å². The van der Waals surface area contributed by atoms with Gasteiger partial charge < -0.3 is 25.4 Å². The fourth-order valence-corrected chi connectivity index (χ4v) is 2.68. The standard InChI is InChI=1S/C22H29FN4O3.HI/c1-5-24-22(25-13-15(2)30-19-9-7-18(23)8-10-19)26-14-17-6-11-21(29-4)20(12-17)27-16(3)28;/h6-12,15H,5,13-14H2,1-4H3,(H,27,28)(H2,24,25,26);1H. The summed E-state index contributed by atoms with van der Waals surface area (Å²) in [5.41, 5.74) is 1.53. The number of hydrogen-bond acceptors (Lipinski definition) is 4. The highest BCUT2D eigenvalue weighted by atomic mass is 127.